The lowest BCUT2D eigenvalue weighted by molar-refractivity contribution is -0.127. The number of methoxy groups -OCH3 is 1. The number of hydrogen-bond acceptors (Lipinski definition) is 7. The van der Waals surface area contributed by atoms with Crippen LogP contribution in [0.2, 0.25) is 0 Å². The van der Waals surface area contributed by atoms with Crippen molar-refractivity contribution < 1.29 is 24.2 Å². The number of rotatable bonds is 11. The molecule has 0 spiro atoms. The van der Waals surface area contributed by atoms with Crippen LogP contribution in [0.1, 0.15) is 31.4 Å². The van der Waals surface area contributed by atoms with Gasteiger partial charge in [-0.15, -0.1) is 11.8 Å². The molecule has 228 valence electrons. The first-order valence-corrected chi connectivity index (χ1v) is 15.1. The Morgan fingerprint density at radius 2 is 1.84 bits per heavy atom. The van der Waals surface area contributed by atoms with Crippen LogP contribution in [-0.2, 0) is 22.7 Å². The summed E-state index contributed by atoms with van der Waals surface area (Å²) >= 11 is 1.50. The highest BCUT2D eigenvalue weighted by Crippen LogP contribution is 2.38. The molecular weight excluding hydrogens is 566 g/mol. The van der Waals surface area contributed by atoms with Crippen molar-refractivity contribution in [3.05, 3.63) is 77.9 Å². The second-order valence-electron chi connectivity index (χ2n) is 11.0. The van der Waals surface area contributed by atoms with Gasteiger partial charge in [-0.05, 0) is 54.3 Å². The summed E-state index contributed by atoms with van der Waals surface area (Å²) in [5, 5.41) is 17.2. The number of aliphatic hydroxyl groups is 1. The number of carbonyl (C=O) groups excluding carboxylic acids is 3. The number of carbonyl (C=O) groups is 3. The Labute approximate surface area is 256 Å². The molecule has 1 aliphatic heterocycles. The number of nitrogens with two attached hydrogens (primary N) is 1. The fourth-order valence-electron chi connectivity index (χ4n) is 4.77. The Hall–Kier alpha value is -4.06. The van der Waals surface area contributed by atoms with Crippen molar-refractivity contribution in [2.75, 3.05) is 30.9 Å². The van der Waals surface area contributed by atoms with Gasteiger partial charge in [0.2, 0.25) is 5.91 Å². The molecule has 1 aliphatic rings. The molecule has 0 unspecified atom stereocenters. The molecular formula is C32H39N5O5S. The molecule has 1 heterocycles. The maximum Gasteiger partial charge on any atom is 0.315 e. The lowest BCUT2D eigenvalue weighted by Crippen LogP contribution is -2.51. The van der Waals surface area contributed by atoms with Crippen molar-refractivity contribution in [1.82, 2.24) is 16.0 Å². The summed E-state index contributed by atoms with van der Waals surface area (Å²) in [5.41, 5.74) is 9.91. The van der Waals surface area contributed by atoms with Crippen molar-refractivity contribution in [3.63, 3.8) is 0 Å². The quantitative estimate of drug-likeness (QED) is 0.225. The van der Waals surface area contributed by atoms with Crippen LogP contribution in [0, 0.1) is 0 Å². The van der Waals surface area contributed by atoms with Gasteiger partial charge in [0.1, 0.15) is 11.8 Å². The molecule has 11 heteroatoms. The van der Waals surface area contributed by atoms with E-state index in [1.165, 1.54) is 11.8 Å². The number of urea groups is 1. The molecule has 0 saturated heterocycles. The van der Waals surface area contributed by atoms with Gasteiger partial charge < -0.3 is 36.4 Å². The molecule has 43 heavy (non-hydrogen) atoms. The van der Waals surface area contributed by atoms with E-state index in [-0.39, 0.29) is 37.4 Å². The molecule has 0 fully saturated rings. The third-order valence-electron chi connectivity index (χ3n) is 6.84. The second-order valence-corrected chi connectivity index (χ2v) is 12.1. The van der Waals surface area contributed by atoms with Gasteiger partial charge in [0.05, 0.1) is 25.9 Å². The van der Waals surface area contributed by atoms with Crippen LogP contribution in [0.15, 0.2) is 71.6 Å². The van der Waals surface area contributed by atoms with E-state index in [4.69, 9.17) is 15.6 Å². The Balaban J connectivity index is 1.56. The average Bonchev–Trinajstić information content (AvgIpc) is 3.10. The van der Waals surface area contributed by atoms with E-state index >= 15 is 0 Å². The van der Waals surface area contributed by atoms with E-state index in [0.717, 1.165) is 32.8 Å². The van der Waals surface area contributed by atoms with Crippen molar-refractivity contribution in [2.24, 2.45) is 5.73 Å². The van der Waals surface area contributed by atoms with Crippen LogP contribution >= 0.6 is 11.8 Å². The normalized spacial score (nSPS) is 14.9. The zero-order chi connectivity index (χ0) is 31.0. The number of benzene rings is 3. The predicted octanol–water partition coefficient (Wildman–Crippen LogP) is 3.40. The van der Waals surface area contributed by atoms with Crippen LogP contribution in [0.3, 0.4) is 0 Å². The maximum absolute atomic E-state index is 13.9. The van der Waals surface area contributed by atoms with Gasteiger partial charge in [0.15, 0.2) is 0 Å². The van der Waals surface area contributed by atoms with Crippen molar-refractivity contribution in [3.8, 4) is 16.9 Å². The van der Waals surface area contributed by atoms with E-state index in [9.17, 15) is 14.4 Å². The standard InChI is InChI=1S/C32H39N5O5S/c1-32(2,33)17-29(39)36-26-20-43-28-16-24(42-3)12-13-27(28)37(30(26)40)19-21-8-10-22(11-9-21)25-7-5-4-6-23(25)18-35-31(41)34-14-15-38/h4-13,16,26,38H,14-15,17-20,33H2,1-3H3,(H,36,39)(H2,34,35,41)/t26-/m1/s1. The molecule has 1 atom stereocenters. The third-order valence-corrected chi connectivity index (χ3v) is 7.98. The Morgan fingerprint density at radius 3 is 2.53 bits per heavy atom. The average molecular weight is 606 g/mol. The largest absolute Gasteiger partial charge is 0.497 e. The molecule has 0 bridgehead atoms. The number of ether oxygens (including phenoxy) is 1. The van der Waals surface area contributed by atoms with Crippen LogP contribution < -0.4 is 31.3 Å². The minimum Gasteiger partial charge on any atom is -0.497 e. The fraction of sp³-hybridized carbons (Fsp3) is 0.344. The zero-order valence-electron chi connectivity index (χ0n) is 24.7. The number of aliphatic hydroxyl groups excluding tert-OH is 1. The number of hydrogen-bond donors (Lipinski definition) is 5. The Morgan fingerprint density at radius 1 is 1.09 bits per heavy atom. The number of nitrogens with one attached hydrogen (secondary N) is 3. The maximum atomic E-state index is 13.9. The summed E-state index contributed by atoms with van der Waals surface area (Å²) in [6, 6.07) is 20.3. The summed E-state index contributed by atoms with van der Waals surface area (Å²) < 4.78 is 5.42. The SMILES string of the molecule is COc1ccc2c(c1)SC[C@@H](NC(=O)CC(C)(C)N)C(=O)N2Cc1ccc(-c2ccccc2CNC(=O)NCCO)cc1. The number of nitrogens with zero attached hydrogens (tertiary/aromatic N) is 1. The smallest absolute Gasteiger partial charge is 0.315 e. The van der Waals surface area contributed by atoms with Gasteiger partial charge >= 0.3 is 6.03 Å². The van der Waals surface area contributed by atoms with E-state index in [1.807, 2.05) is 66.7 Å². The van der Waals surface area contributed by atoms with Crippen molar-refractivity contribution in [2.45, 2.75) is 49.8 Å². The van der Waals surface area contributed by atoms with Crippen molar-refractivity contribution >= 4 is 35.3 Å². The first kappa shape index (κ1) is 31.9. The summed E-state index contributed by atoms with van der Waals surface area (Å²) in [4.78, 5) is 41.2. The van der Waals surface area contributed by atoms with Crippen LogP contribution in [0.5, 0.6) is 5.75 Å². The molecule has 4 amide bonds. The molecule has 0 radical (unpaired) electrons. The molecule has 3 aromatic carbocycles. The first-order valence-electron chi connectivity index (χ1n) is 14.1. The van der Waals surface area contributed by atoms with Gasteiger partial charge in [-0.3, -0.25) is 9.59 Å². The minimum absolute atomic E-state index is 0.105. The molecule has 0 aromatic heterocycles. The molecule has 10 nitrogen and oxygen atoms in total. The Kier molecular flexibility index (Phi) is 10.7. The van der Waals surface area contributed by atoms with E-state index in [2.05, 4.69) is 16.0 Å². The monoisotopic (exact) mass is 605 g/mol. The third kappa shape index (κ3) is 8.73. The summed E-state index contributed by atoms with van der Waals surface area (Å²) in [6.07, 6.45) is 0.105. The highest BCUT2D eigenvalue weighted by molar-refractivity contribution is 7.99. The van der Waals surface area contributed by atoms with Crippen LogP contribution in [0.25, 0.3) is 11.1 Å². The summed E-state index contributed by atoms with van der Waals surface area (Å²) in [6.45, 7) is 4.24. The molecule has 3 aromatic rings. The molecule has 4 rings (SSSR count). The summed E-state index contributed by atoms with van der Waals surface area (Å²) in [7, 11) is 1.60. The number of anilines is 1. The predicted molar refractivity (Wildman–Crippen MR) is 169 cm³/mol. The van der Waals surface area contributed by atoms with E-state index < -0.39 is 11.6 Å². The number of amides is 4. The lowest BCUT2D eigenvalue weighted by atomic mass is 9.98. The zero-order valence-corrected chi connectivity index (χ0v) is 25.5. The fourth-order valence-corrected chi connectivity index (χ4v) is 5.87. The molecule has 0 saturated carbocycles. The van der Waals surface area contributed by atoms with E-state index in [1.54, 1.807) is 25.9 Å². The summed E-state index contributed by atoms with van der Waals surface area (Å²) in [5.74, 6) is 0.612. The van der Waals surface area contributed by atoms with Gasteiger partial charge in [0.25, 0.3) is 5.91 Å². The van der Waals surface area contributed by atoms with Crippen LogP contribution in [0.4, 0.5) is 10.5 Å². The number of thioether (sulfide) groups is 1. The van der Waals surface area contributed by atoms with E-state index in [0.29, 0.717) is 24.6 Å². The Bertz CT molecular complexity index is 1440. The molecule has 6 N–H and O–H groups in total. The van der Waals surface area contributed by atoms with Gasteiger partial charge in [0, 0.05) is 35.7 Å². The minimum atomic E-state index is -0.716. The molecule has 0 aliphatic carbocycles. The van der Waals surface area contributed by atoms with Gasteiger partial charge in [-0.2, -0.15) is 0 Å². The number of fused-ring (bicyclic) bond motifs is 1. The van der Waals surface area contributed by atoms with Crippen LogP contribution in [-0.4, -0.2) is 60.5 Å². The topological polar surface area (TPSA) is 146 Å². The van der Waals surface area contributed by atoms with Gasteiger partial charge in [-0.1, -0.05) is 48.5 Å². The second kappa shape index (κ2) is 14.4. The highest BCUT2D eigenvalue weighted by atomic mass is 32.2. The highest BCUT2D eigenvalue weighted by Gasteiger charge is 2.33. The lowest BCUT2D eigenvalue weighted by Gasteiger charge is -2.27. The first-order chi connectivity index (χ1) is 20.6. The van der Waals surface area contributed by atoms with Gasteiger partial charge in [-0.25, -0.2) is 4.79 Å². The van der Waals surface area contributed by atoms with Crippen molar-refractivity contribution in [1.29, 1.82) is 0 Å².